The van der Waals surface area contributed by atoms with Gasteiger partial charge >= 0.3 is 6.18 Å². The predicted molar refractivity (Wildman–Crippen MR) is 65.6 cm³/mol. The van der Waals surface area contributed by atoms with Crippen LogP contribution >= 0.6 is 0 Å². The number of ether oxygens (including phenoxy) is 1. The monoisotopic (exact) mass is 290 g/mol. The molecule has 0 spiro atoms. The van der Waals surface area contributed by atoms with Crippen LogP contribution in [0.4, 0.5) is 24.5 Å². The second-order valence-electron chi connectivity index (χ2n) is 4.50. The summed E-state index contributed by atoms with van der Waals surface area (Å²) in [5, 5.41) is 13.2. The summed E-state index contributed by atoms with van der Waals surface area (Å²) in [5.74, 6) is 0. The molecule has 2 rings (SSSR count). The summed E-state index contributed by atoms with van der Waals surface area (Å²) in [6, 6.07) is 2.67. The van der Waals surface area contributed by atoms with Crippen molar-refractivity contribution in [2.75, 3.05) is 18.5 Å². The predicted octanol–water partition coefficient (Wildman–Crippen LogP) is 3.20. The normalized spacial score (nSPS) is 19.1. The van der Waals surface area contributed by atoms with Crippen molar-refractivity contribution in [2.45, 2.75) is 25.1 Å². The summed E-state index contributed by atoms with van der Waals surface area (Å²) in [5.41, 5.74) is -1.79. The minimum absolute atomic E-state index is 0.119. The Balaban J connectivity index is 2.19. The lowest BCUT2D eigenvalue weighted by molar-refractivity contribution is -0.385. The number of benzene rings is 1. The molecule has 1 aromatic rings. The summed E-state index contributed by atoms with van der Waals surface area (Å²) in [7, 11) is 0. The number of nitrogens with zero attached hydrogens (tertiary/aromatic N) is 1. The zero-order valence-electron chi connectivity index (χ0n) is 10.4. The SMILES string of the molecule is O=[N+]([O-])c1ccc(NCC2CCCO2)c(C(F)(F)F)c1. The first-order valence-electron chi connectivity index (χ1n) is 6.09. The van der Waals surface area contributed by atoms with E-state index in [-0.39, 0.29) is 18.3 Å². The van der Waals surface area contributed by atoms with Crippen LogP contribution in [0.2, 0.25) is 0 Å². The standard InChI is InChI=1S/C12H13F3N2O3/c13-12(14,15)10-6-8(17(18)19)3-4-11(10)16-7-9-2-1-5-20-9/h3-4,6,9,16H,1-2,5,7H2. The second-order valence-corrected chi connectivity index (χ2v) is 4.50. The van der Waals surface area contributed by atoms with E-state index in [2.05, 4.69) is 5.32 Å². The Hall–Kier alpha value is -1.83. The van der Waals surface area contributed by atoms with E-state index < -0.39 is 22.4 Å². The van der Waals surface area contributed by atoms with Gasteiger partial charge in [0.1, 0.15) is 0 Å². The van der Waals surface area contributed by atoms with Crippen LogP contribution in [0.5, 0.6) is 0 Å². The van der Waals surface area contributed by atoms with Crippen LogP contribution in [0.15, 0.2) is 18.2 Å². The Morgan fingerprint density at radius 1 is 1.45 bits per heavy atom. The van der Waals surface area contributed by atoms with E-state index in [1.54, 1.807) is 0 Å². The molecule has 0 aromatic heterocycles. The molecule has 20 heavy (non-hydrogen) atoms. The molecule has 0 aliphatic carbocycles. The highest BCUT2D eigenvalue weighted by Gasteiger charge is 2.35. The van der Waals surface area contributed by atoms with Gasteiger partial charge in [-0.1, -0.05) is 0 Å². The molecule has 1 N–H and O–H groups in total. The van der Waals surface area contributed by atoms with E-state index in [0.29, 0.717) is 12.7 Å². The lowest BCUT2D eigenvalue weighted by Gasteiger charge is -2.16. The molecule has 1 atom stereocenters. The molecule has 1 aliphatic rings. The average Bonchev–Trinajstić information content (AvgIpc) is 2.88. The molecule has 1 aromatic carbocycles. The Labute approximate surface area is 112 Å². The van der Waals surface area contributed by atoms with Crippen LogP contribution in [0, 0.1) is 10.1 Å². The summed E-state index contributed by atoms with van der Waals surface area (Å²) >= 11 is 0. The number of nitrogens with one attached hydrogen (secondary N) is 1. The molecule has 5 nitrogen and oxygen atoms in total. The summed E-state index contributed by atoms with van der Waals surface area (Å²) < 4.78 is 44.0. The lowest BCUT2D eigenvalue weighted by Crippen LogP contribution is -2.20. The van der Waals surface area contributed by atoms with Gasteiger partial charge in [-0.25, -0.2) is 0 Å². The van der Waals surface area contributed by atoms with Gasteiger partial charge in [-0.3, -0.25) is 10.1 Å². The number of rotatable bonds is 4. The third-order valence-corrected chi connectivity index (χ3v) is 3.06. The number of hydrogen-bond acceptors (Lipinski definition) is 4. The fourth-order valence-electron chi connectivity index (χ4n) is 2.06. The average molecular weight is 290 g/mol. The van der Waals surface area contributed by atoms with E-state index in [9.17, 15) is 23.3 Å². The van der Waals surface area contributed by atoms with Crippen LogP contribution in [-0.2, 0) is 10.9 Å². The highest BCUT2D eigenvalue weighted by molar-refractivity contribution is 5.57. The Morgan fingerprint density at radius 3 is 2.75 bits per heavy atom. The van der Waals surface area contributed by atoms with Crippen LogP contribution in [0.3, 0.4) is 0 Å². The van der Waals surface area contributed by atoms with Crippen molar-refractivity contribution in [3.05, 3.63) is 33.9 Å². The molecular formula is C12H13F3N2O3. The van der Waals surface area contributed by atoms with Crippen molar-refractivity contribution < 1.29 is 22.8 Å². The highest BCUT2D eigenvalue weighted by Crippen LogP contribution is 2.37. The highest BCUT2D eigenvalue weighted by atomic mass is 19.4. The van der Waals surface area contributed by atoms with Crippen molar-refractivity contribution in [2.24, 2.45) is 0 Å². The van der Waals surface area contributed by atoms with Crippen molar-refractivity contribution in [1.29, 1.82) is 0 Å². The van der Waals surface area contributed by atoms with Gasteiger partial charge in [-0.2, -0.15) is 13.2 Å². The fourth-order valence-corrected chi connectivity index (χ4v) is 2.06. The molecule has 1 unspecified atom stereocenters. The molecule has 0 radical (unpaired) electrons. The molecular weight excluding hydrogens is 277 g/mol. The zero-order chi connectivity index (χ0) is 14.8. The first kappa shape index (κ1) is 14.6. The molecule has 0 saturated carbocycles. The maximum Gasteiger partial charge on any atom is 0.418 e. The van der Waals surface area contributed by atoms with Gasteiger partial charge in [0.2, 0.25) is 0 Å². The van der Waals surface area contributed by atoms with Crippen molar-refractivity contribution in [3.8, 4) is 0 Å². The topological polar surface area (TPSA) is 64.4 Å². The Kier molecular flexibility index (Phi) is 4.12. The minimum atomic E-state index is -4.65. The van der Waals surface area contributed by atoms with E-state index >= 15 is 0 Å². The van der Waals surface area contributed by atoms with E-state index in [1.165, 1.54) is 0 Å². The van der Waals surface area contributed by atoms with E-state index in [1.807, 2.05) is 0 Å². The van der Waals surface area contributed by atoms with Gasteiger partial charge in [0.05, 0.1) is 16.6 Å². The number of nitro groups is 1. The fraction of sp³-hybridized carbons (Fsp3) is 0.500. The molecule has 110 valence electrons. The molecule has 1 saturated heterocycles. The lowest BCUT2D eigenvalue weighted by atomic mass is 10.1. The number of alkyl halides is 3. The molecule has 1 heterocycles. The number of nitro benzene ring substituents is 1. The second kappa shape index (κ2) is 5.66. The maximum absolute atomic E-state index is 12.9. The number of anilines is 1. The Bertz CT molecular complexity index is 499. The van der Waals surface area contributed by atoms with Crippen LogP contribution in [0.25, 0.3) is 0 Å². The number of halogens is 3. The van der Waals surface area contributed by atoms with Gasteiger partial charge in [-0.15, -0.1) is 0 Å². The van der Waals surface area contributed by atoms with Crippen molar-refractivity contribution >= 4 is 11.4 Å². The van der Waals surface area contributed by atoms with Crippen molar-refractivity contribution in [3.63, 3.8) is 0 Å². The molecule has 0 bridgehead atoms. The smallest absolute Gasteiger partial charge is 0.382 e. The third-order valence-electron chi connectivity index (χ3n) is 3.06. The van der Waals surface area contributed by atoms with Gasteiger partial charge in [0.25, 0.3) is 5.69 Å². The van der Waals surface area contributed by atoms with Gasteiger partial charge in [-0.05, 0) is 18.9 Å². The largest absolute Gasteiger partial charge is 0.418 e. The molecule has 1 aliphatic heterocycles. The number of non-ortho nitro benzene ring substituents is 1. The van der Waals surface area contributed by atoms with Gasteiger partial charge < -0.3 is 10.1 Å². The van der Waals surface area contributed by atoms with Gasteiger partial charge in [0.15, 0.2) is 0 Å². The maximum atomic E-state index is 12.9. The van der Waals surface area contributed by atoms with Crippen LogP contribution in [0.1, 0.15) is 18.4 Å². The van der Waals surface area contributed by atoms with E-state index in [0.717, 1.165) is 25.0 Å². The van der Waals surface area contributed by atoms with Crippen molar-refractivity contribution in [1.82, 2.24) is 0 Å². The van der Waals surface area contributed by atoms with Gasteiger partial charge in [0, 0.05) is 31.0 Å². The molecule has 1 fully saturated rings. The zero-order valence-corrected chi connectivity index (χ0v) is 10.4. The van der Waals surface area contributed by atoms with E-state index in [4.69, 9.17) is 4.74 Å². The van der Waals surface area contributed by atoms with Crippen LogP contribution in [-0.4, -0.2) is 24.2 Å². The molecule has 8 heteroatoms. The summed E-state index contributed by atoms with van der Waals surface area (Å²) in [4.78, 5) is 9.71. The minimum Gasteiger partial charge on any atom is -0.382 e. The summed E-state index contributed by atoms with van der Waals surface area (Å²) in [6.45, 7) is 0.861. The third kappa shape index (κ3) is 3.38. The Morgan fingerprint density at radius 2 is 2.20 bits per heavy atom. The quantitative estimate of drug-likeness (QED) is 0.683. The summed E-state index contributed by atoms with van der Waals surface area (Å²) in [6.07, 6.45) is -3.09. The first-order valence-corrected chi connectivity index (χ1v) is 6.09. The van der Waals surface area contributed by atoms with Crippen LogP contribution < -0.4 is 5.32 Å². The molecule has 0 amide bonds. The number of hydrogen-bond donors (Lipinski definition) is 1. The first-order chi connectivity index (χ1) is 9.38.